The van der Waals surface area contributed by atoms with Crippen LogP contribution in [0.5, 0.6) is 0 Å². The summed E-state index contributed by atoms with van der Waals surface area (Å²) in [5.41, 5.74) is 4.51. The average molecular weight is 463 g/mol. The van der Waals surface area contributed by atoms with Crippen molar-refractivity contribution in [3.63, 3.8) is 0 Å². The zero-order chi connectivity index (χ0) is 23.7. The lowest BCUT2D eigenvalue weighted by atomic mass is 9.92. The van der Waals surface area contributed by atoms with E-state index >= 15 is 0 Å². The molecule has 0 spiro atoms. The molecule has 4 aromatic rings. The summed E-state index contributed by atoms with van der Waals surface area (Å²) in [6.07, 6.45) is 8.27. The highest BCUT2D eigenvalue weighted by Gasteiger charge is 2.23. The van der Waals surface area contributed by atoms with Gasteiger partial charge in [-0.2, -0.15) is 5.10 Å². The van der Waals surface area contributed by atoms with E-state index in [1.54, 1.807) is 0 Å². The number of nitrogens with zero attached hydrogens (tertiary/aromatic N) is 4. The van der Waals surface area contributed by atoms with Crippen molar-refractivity contribution >= 4 is 11.0 Å². The summed E-state index contributed by atoms with van der Waals surface area (Å²) in [6, 6.07) is 10.3. The molecule has 1 aromatic carbocycles. The average Bonchev–Trinajstić information content (AvgIpc) is 3.54. The number of aryl methyl sites for hydroxylation is 2. The van der Waals surface area contributed by atoms with Crippen molar-refractivity contribution in [1.82, 2.24) is 19.7 Å². The first-order chi connectivity index (χ1) is 16.5. The number of halogens is 2. The van der Waals surface area contributed by atoms with E-state index in [9.17, 15) is 8.78 Å². The SMILES string of the molecule is Cc1cc2c(-c3ccc(F)cc3F)cc(C3CCOCC3)nc2nc1C.c1cnn(C2CC2)c1. The van der Waals surface area contributed by atoms with Crippen LogP contribution in [-0.2, 0) is 4.74 Å². The molecule has 0 atom stereocenters. The number of fused-ring (bicyclic) bond motifs is 1. The molecule has 0 radical (unpaired) electrons. The Morgan fingerprint density at radius 3 is 2.41 bits per heavy atom. The van der Waals surface area contributed by atoms with Gasteiger partial charge in [0.1, 0.15) is 11.6 Å². The van der Waals surface area contributed by atoms with E-state index in [1.165, 1.54) is 25.0 Å². The van der Waals surface area contributed by atoms with Crippen molar-refractivity contribution in [1.29, 1.82) is 0 Å². The van der Waals surface area contributed by atoms with Gasteiger partial charge in [-0.25, -0.2) is 18.7 Å². The normalized spacial score (nSPS) is 16.4. The first kappa shape index (κ1) is 22.6. The molecule has 176 valence electrons. The second kappa shape index (κ2) is 9.58. The molecule has 2 aliphatic rings. The van der Waals surface area contributed by atoms with Gasteiger partial charge in [0.15, 0.2) is 5.65 Å². The van der Waals surface area contributed by atoms with Crippen molar-refractivity contribution in [2.24, 2.45) is 0 Å². The summed E-state index contributed by atoms with van der Waals surface area (Å²) < 4.78 is 35.4. The highest BCUT2D eigenvalue weighted by Crippen LogP contribution is 2.35. The predicted molar refractivity (Wildman–Crippen MR) is 128 cm³/mol. The molecule has 6 rings (SSSR count). The number of hydrogen-bond donors (Lipinski definition) is 0. The minimum Gasteiger partial charge on any atom is -0.381 e. The van der Waals surface area contributed by atoms with E-state index in [-0.39, 0.29) is 5.92 Å². The second-order valence-electron chi connectivity index (χ2n) is 9.08. The van der Waals surface area contributed by atoms with E-state index in [0.29, 0.717) is 30.0 Å². The first-order valence-electron chi connectivity index (χ1n) is 11.8. The number of aromatic nitrogens is 4. The minimum atomic E-state index is -0.584. The molecule has 0 amide bonds. The molecular formula is C27H28F2N4O. The largest absolute Gasteiger partial charge is 0.381 e. The lowest BCUT2D eigenvalue weighted by molar-refractivity contribution is 0.0846. The van der Waals surface area contributed by atoms with Crippen molar-refractivity contribution < 1.29 is 13.5 Å². The van der Waals surface area contributed by atoms with Crippen molar-refractivity contribution in [3.05, 3.63) is 77.4 Å². The number of pyridine rings is 2. The van der Waals surface area contributed by atoms with Gasteiger partial charge in [0.25, 0.3) is 0 Å². The van der Waals surface area contributed by atoms with Crippen LogP contribution in [0.1, 0.15) is 54.6 Å². The Bertz CT molecular complexity index is 1300. The molecule has 4 heterocycles. The predicted octanol–water partition coefficient (Wildman–Crippen LogP) is 6.30. The van der Waals surface area contributed by atoms with Crippen LogP contribution >= 0.6 is 0 Å². The molecule has 5 nitrogen and oxygen atoms in total. The smallest absolute Gasteiger partial charge is 0.160 e. The van der Waals surface area contributed by atoms with Crippen LogP contribution in [-0.4, -0.2) is 33.0 Å². The Morgan fingerprint density at radius 1 is 0.941 bits per heavy atom. The molecular weight excluding hydrogens is 434 g/mol. The fraction of sp³-hybridized carbons (Fsp3) is 0.370. The van der Waals surface area contributed by atoms with E-state index in [1.807, 2.05) is 49.1 Å². The molecule has 34 heavy (non-hydrogen) atoms. The van der Waals surface area contributed by atoms with Gasteiger partial charge < -0.3 is 4.74 Å². The van der Waals surface area contributed by atoms with Gasteiger partial charge in [0.2, 0.25) is 0 Å². The molecule has 0 bridgehead atoms. The summed E-state index contributed by atoms with van der Waals surface area (Å²) >= 11 is 0. The Labute approximate surface area is 197 Å². The van der Waals surface area contributed by atoms with E-state index in [2.05, 4.69) is 10.1 Å². The van der Waals surface area contributed by atoms with Crippen LogP contribution in [0, 0.1) is 25.5 Å². The highest BCUT2D eigenvalue weighted by atomic mass is 19.1. The van der Waals surface area contributed by atoms with Crippen molar-refractivity contribution in [2.45, 2.75) is 51.5 Å². The summed E-state index contributed by atoms with van der Waals surface area (Å²) in [4.78, 5) is 9.40. The monoisotopic (exact) mass is 462 g/mol. The third-order valence-corrected chi connectivity index (χ3v) is 6.57. The molecule has 0 N–H and O–H groups in total. The van der Waals surface area contributed by atoms with Gasteiger partial charge in [-0.3, -0.25) is 4.68 Å². The molecule has 3 aromatic heterocycles. The van der Waals surface area contributed by atoms with E-state index < -0.39 is 11.6 Å². The third kappa shape index (κ3) is 4.85. The molecule has 7 heteroatoms. The standard InChI is InChI=1S/C21H20F2N2O.C6H8N2/c1-12-9-18-17(16-4-3-15(22)10-19(16)23)11-20(14-5-7-26-8-6-14)25-21(18)24-13(12)2;1-4-7-8(5-1)6-2-3-6/h3-4,9-11,14H,5-8H2,1-2H3;1,4-6H,2-3H2. The zero-order valence-corrected chi connectivity index (χ0v) is 19.5. The van der Waals surface area contributed by atoms with Crippen molar-refractivity contribution in [2.75, 3.05) is 13.2 Å². The topological polar surface area (TPSA) is 52.8 Å². The quantitative estimate of drug-likeness (QED) is 0.358. The van der Waals surface area contributed by atoms with E-state index in [4.69, 9.17) is 9.72 Å². The first-order valence-corrected chi connectivity index (χ1v) is 11.8. The number of hydrogen-bond acceptors (Lipinski definition) is 4. The van der Waals surface area contributed by atoms with Gasteiger partial charge in [0.05, 0.1) is 6.04 Å². The Morgan fingerprint density at radius 2 is 1.74 bits per heavy atom. The number of benzene rings is 1. The second-order valence-corrected chi connectivity index (χ2v) is 9.08. The Kier molecular flexibility index (Phi) is 6.37. The molecule has 1 aliphatic heterocycles. The fourth-order valence-corrected chi connectivity index (χ4v) is 4.33. The van der Waals surface area contributed by atoms with Gasteiger partial charge in [-0.1, -0.05) is 0 Å². The summed E-state index contributed by atoms with van der Waals surface area (Å²) in [5.74, 6) is -0.896. The fourth-order valence-electron chi connectivity index (χ4n) is 4.33. The van der Waals surface area contributed by atoms with Crippen LogP contribution in [0.3, 0.4) is 0 Å². The Hall–Kier alpha value is -3.19. The minimum absolute atomic E-state index is 0.263. The molecule has 0 unspecified atom stereocenters. The molecule has 1 saturated heterocycles. The highest BCUT2D eigenvalue weighted by molar-refractivity contribution is 5.93. The lowest BCUT2D eigenvalue weighted by Gasteiger charge is -2.22. The van der Waals surface area contributed by atoms with Crippen LogP contribution in [0.15, 0.2) is 48.8 Å². The summed E-state index contributed by atoms with van der Waals surface area (Å²) in [7, 11) is 0. The maximum Gasteiger partial charge on any atom is 0.160 e. The van der Waals surface area contributed by atoms with Crippen LogP contribution in [0.4, 0.5) is 8.78 Å². The van der Waals surface area contributed by atoms with E-state index in [0.717, 1.165) is 47.3 Å². The van der Waals surface area contributed by atoms with Crippen LogP contribution in [0.25, 0.3) is 22.2 Å². The molecule has 2 fully saturated rings. The van der Waals surface area contributed by atoms with Gasteiger partial charge in [-0.05, 0) is 81.0 Å². The van der Waals surface area contributed by atoms with Crippen molar-refractivity contribution in [3.8, 4) is 11.1 Å². The summed E-state index contributed by atoms with van der Waals surface area (Å²) in [6.45, 7) is 5.31. The molecule has 1 aliphatic carbocycles. The molecule has 1 saturated carbocycles. The maximum atomic E-state index is 14.5. The number of rotatable bonds is 3. The maximum absolute atomic E-state index is 14.5. The summed E-state index contributed by atoms with van der Waals surface area (Å²) in [5, 5.41) is 4.88. The Balaban J connectivity index is 0.000000252. The van der Waals surface area contributed by atoms with Gasteiger partial charge in [0, 0.05) is 59.9 Å². The lowest BCUT2D eigenvalue weighted by Crippen LogP contribution is -2.15. The van der Waals surface area contributed by atoms with Crippen LogP contribution in [0.2, 0.25) is 0 Å². The third-order valence-electron chi connectivity index (χ3n) is 6.57. The van der Waals surface area contributed by atoms with Gasteiger partial charge >= 0.3 is 0 Å². The number of ether oxygens (including phenoxy) is 1. The van der Waals surface area contributed by atoms with Crippen LogP contribution < -0.4 is 0 Å². The van der Waals surface area contributed by atoms with Gasteiger partial charge in [-0.15, -0.1) is 0 Å². The zero-order valence-electron chi connectivity index (χ0n) is 19.5.